The van der Waals surface area contributed by atoms with Crippen molar-refractivity contribution in [2.45, 2.75) is 52.3 Å². The van der Waals surface area contributed by atoms with E-state index in [2.05, 4.69) is 25.7 Å². The van der Waals surface area contributed by atoms with E-state index in [-0.39, 0.29) is 6.04 Å². The van der Waals surface area contributed by atoms with Crippen LogP contribution in [0.5, 0.6) is 0 Å². The molecular formula is C19H28N6O. The van der Waals surface area contributed by atoms with Crippen molar-refractivity contribution in [3.63, 3.8) is 0 Å². The number of aliphatic hydroxyl groups excluding tert-OH is 1. The van der Waals surface area contributed by atoms with Gasteiger partial charge in [-0.2, -0.15) is 5.10 Å². The number of nitrogens with zero attached hydrogens (tertiary/aromatic N) is 4. The highest BCUT2D eigenvalue weighted by atomic mass is 16.3. The second-order valence-electron chi connectivity index (χ2n) is 6.73. The standard InChI is InChI=1S/C19H28N6O/c1-4-20-19(21-12-17(26)15-9-7-13(2)8-10-15)23-16-6-5-11-25-18(16)22-14(3)24-25/h7-10,16-17,26H,4-6,11-12H2,1-3H3,(H2,20,21,23). The number of fused-ring (bicyclic) bond motifs is 1. The van der Waals surface area contributed by atoms with Crippen molar-refractivity contribution in [1.82, 2.24) is 25.4 Å². The molecule has 2 atom stereocenters. The number of aliphatic hydroxyl groups is 1. The van der Waals surface area contributed by atoms with E-state index < -0.39 is 6.10 Å². The molecule has 140 valence electrons. The van der Waals surface area contributed by atoms with Gasteiger partial charge in [0, 0.05) is 13.1 Å². The third-order valence-electron chi connectivity index (χ3n) is 4.52. The Morgan fingerprint density at radius 1 is 1.35 bits per heavy atom. The maximum absolute atomic E-state index is 10.4. The minimum Gasteiger partial charge on any atom is -0.386 e. The zero-order valence-electron chi connectivity index (χ0n) is 15.7. The first-order valence-corrected chi connectivity index (χ1v) is 9.27. The van der Waals surface area contributed by atoms with Gasteiger partial charge in [0.1, 0.15) is 11.6 Å². The number of aromatic nitrogens is 3. The van der Waals surface area contributed by atoms with Crippen LogP contribution in [0.3, 0.4) is 0 Å². The summed E-state index contributed by atoms with van der Waals surface area (Å²) in [4.78, 5) is 9.13. The van der Waals surface area contributed by atoms with Gasteiger partial charge < -0.3 is 15.7 Å². The summed E-state index contributed by atoms with van der Waals surface area (Å²) < 4.78 is 1.97. The summed E-state index contributed by atoms with van der Waals surface area (Å²) in [5.41, 5.74) is 2.05. The summed E-state index contributed by atoms with van der Waals surface area (Å²) in [6.45, 7) is 7.95. The van der Waals surface area contributed by atoms with Crippen LogP contribution in [0.4, 0.5) is 0 Å². The highest BCUT2D eigenvalue weighted by Crippen LogP contribution is 2.23. The van der Waals surface area contributed by atoms with Crippen molar-refractivity contribution in [3.05, 3.63) is 47.0 Å². The number of guanidine groups is 1. The third-order valence-corrected chi connectivity index (χ3v) is 4.52. The topological polar surface area (TPSA) is 87.4 Å². The monoisotopic (exact) mass is 356 g/mol. The average molecular weight is 356 g/mol. The van der Waals surface area contributed by atoms with Crippen LogP contribution < -0.4 is 10.6 Å². The molecule has 0 aliphatic carbocycles. The fraction of sp³-hybridized carbons (Fsp3) is 0.526. The van der Waals surface area contributed by atoms with Crippen LogP contribution in [-0.2, 0) is 6.54 Å². The smallest absolute Gasteiger partial charge is 0.191 e. The Hall–Kier alpha value is -2.41. The number of hydrogen-bond acceptors (Lipinski definition) is 4. The molecular weight excluding hydrogens is 328 g/mol. The molecule has 2 aromatic rings. The molecule has 3 rings (SSSR count). The van der Waals surface area contributed by atoms with E-state index in [4.69, 9.17) is 0 Å². The Morgan fingerprint density at radius 3 is 2.85 bits per heavy atom. The summed E-state index contributed by atoms with van der Waals surface area (Å²) in [7, 11) is 0. The van der Waals surface area contributed by atoms with E-state index in [0.717, 1.165) is 43.1 Å². The number of rotatable bonds is 5. The summed E-state index contributed by atoms with van der Waals surface area (Å²) in [5, 5.41) is 21.5. The van der Waals surface area contributed by atoms with Crippen LogP contribution >= 0.6 is 0 Å². The van der Waals surface area contributed by atoms with Gasteiger partial charge in [0.05, 0.1) is 18.7 Å². The van der Waals surface area contributed by atoms with E-state index in [9.17, 15) is 5.11 Å². The van der Waals surface area contributed by atoms with Crippen LogP contribution in [-0.4, -0.2) is 38.9 Å². The molecule has 1 aliphatic heterocycles. The van der Waals surface area contributed by atoms with Gasteiger partial charge in [-0.1, -0.05) is 29.8 Å². The number of benzene rings is 1. The number of aliphatic imine (C=N–C) groups is 1. The summed E-state index contributed by atoms with van der Waals surface area (Å²) in [5.74, 6) is 2.45. The Labute approximate surface area is 154 Å². The van der Waals surface area contributed by atoms with Gasteiger partial charge in [0.2, 0.25) is 0 Å². The Kier molecular flexibility index (Phi) is 5.88. The molecule has 1 aromatic carbocycles. The largest absolute Gasteiger partial charge is 0.386 e. The maximum Gasteiger partial charge on any atom is 0.191 e. The molecule has 0 bridgehead atoms. The lowest BCUT2D eigenvalue weighted by molar-refractivity contribution is 0.187. The van der Waals surface area contributed by atoms with Crippen molar-refractivity contribution in [2.24, 2.45) is 4.99 Å². The first-order chi connectivity index (χ1) is 12.6. The lowest BCUT2D eigenvalue weighted by Crippen LogP contribution is -2.41. The molecule has 0 fully saturated rings. The van der Waals surface area contributed by atoms with E-state index >= 15 is 0 Å². The molecule has 0 radical (unpaired) electrons. The lowest BCUT2D eigenvalue weighted by atomic mass is 10.1. The highest BCUT2D eigenvalue weighted by Gasteiger charge is 2.24. The minimum absolute atomic E-state index is 0.0827. The molecule has 3 N–H and O–H groups in total. The third kappa shape index (κ3) is 4.40. The molecule has 0 spiro atoms. The predicted molar refractivity (Wildman–Crippen MR) is 102 cm³/mol. The second-order valence-corrected chi connectivity index (χ2v) is 6.73. The molecule has 0 amide bonds. The predicted octanol–water partition coefficient (Wildman–Crippen LogP) is 2.02. The number of aryl methyl sites for hydroxylation is 3. The van der Waals surface area contributed by atoms with Gasteiger partial charge in [-0.15, -0.1) is 0 Å². The van der Waals surface area contributed by atoms with Crippen LogP contribution in [0.1, 0.15) is 54.7 Å². The van der Waals surface area contributed by atoms with Gasteiger partial charge in [-0.25, -0.2) is 9.67 Å². The SMILES string of the molecule is CCNC(=NCC(O)c1ccc(C)cc1)NC1CCCn2nc(C)nc21. The highest BCUT2D eigenvalue weighted by molar-refractivity contribution is 5.80. The van der Waals surface area contributed by atoms with Crippen LogP contribution in [0, 0.1) is 13.8 Å². The van der Waals surface area contributed by atoms with Crippen LogP contribution in [0.2, 0.25) is 0 Å². The Bertz CT molecular complexity index is 752. The first kappa shape index (κ1) is 18.4. The maximum atomic E-state index is 10.4. The lowest BCUT2D eigenvalue weighted by Gasteiger charge is -2.25. The fourth-order valence-corrected chi connectivity index (χ4v) is 3.16. The van der Waals surface area contributed by atoms with Crippen molar-refractivity contribution in [3.8, 4) is 0 Å². The zero-order chi connectivity index (χ0) is 18.5. The summed E-state index contributed by atoms with van der Waals surface area (Å²) in [6.07, 6.45) is 1.42. The van der Waals surface area contributed by atoms with Gasteiger partial charge in [0.25, 0.3) is 0 Å². The van der Waals surface area contributed by atoms with Crippen molar-refractivity contribution in [2.75, 3.05) is 13.1 Å². The van der Waals surface area contributed by atoms with Gasteiger partial charge in [-0.3, -0.25) is 4.99 Å². The summed E-state index contributed by atoms with van der Waals surface area (Å²) >= 11 is 0. The molecule has 1 aromatic heterocycles. The van der Waals surface area contributed by atoms with E-state index in [0.29, 0.717) is 12.5 Å². The molecule has 7 nitrogen and oxygen atoms in total. The van der Waals surface area contributed by atoms with Crippen molar-refractivity contribution < 1.29 is 5.11 Å². The van der Waals surface area contributed by atoms with E-state index in [1.165, 1.54) is 5.56 Å². The van der Waals surface area contributed by atoms with E-state index in [1.54, 1.807) is 0 Å². The fourth-order valence-electron chi connectivity index (χ4n) is 3.16. The van der Waals surface area contributed by atoms with Gasteiger partial charge in [-0.05, 0) is 39.2 Å². The van der Waals surface area contributed by atoms with Gasteiger partial charge in [0.15, 0.2) is 5.96 Å². The molecule has 0 saturated heterocycles. The minimum atomic E-state index is -0.622. The number of nitrogens with one attached hydrogen (secondary N) is 2. The Morgan fingerprint density at radius 2 is 2.12 bits per heavy atom. The molecule has 1 aliphatic rings. The molecule has 2 heterocycles. The van der Waals surface area contributed by atoms with Crippen molar-refractivity contribution >= 4 is 5.96 Å². The van der Waals surface area contributed by atoms with Gasteiger partial charge >= 0.3 is 0 Å². The van der Waals surface area contributed by atoms with Crippen molar-refractivity contribution in [1.29, 1.82) is 0 Å². The normalized spacial score (nSPS) is 18.3. The average Bonchev–Trinajstić information content (AvgIpc) is 3.01. The molecule has 26 heavy (non-hydrogen) atoms. The molecule has 2 unspecified atom stereocenters. The summed E-state index contributed by atoms with van der Waals surface area (Å²) in [6, 6.07) is 7.98. The Balaban J connectivity index is 1.69. The second kappa shape index (κ2) is 8.31. The molecule has 0 saturated carbocycles. The molecule has 7 heteroatoms. The zero-order valence-corrected chi connectivity index (χ0v) is 15.7. The first-order valence-electron chi connectivity index (χ1n) is 9.27. The number of hydrogen-bond donors (Lipinski definition) is 3. The van der Waals surface area contributed by atoms with E-state index in [1.807, 2.05) is 49.7 Å². The quantitative estimate of drug-likeness (QED) is 0.563. The van der Waals surface area contributed by atoms with Crippen LogP contribution in [0.15, 0.2) is 29.3 Å². The van der Waals surface area contributed by atoms with Crippen LogP contribution in [0.25, 0.3) is 0 Å².